The van der Waals surface area contributed by atoms with E-state index in [1.165, 1.54) is 5.56 Å². The Hall–Kier alpha value is -2.15. The molecule has 0 aliphatic carbocycles. The molecule has 0 spiro atoms. The first-order valence-electron chi connectivity index (χ1n) is 9.92. The van der Waals surface area contributed by atoms with Crippen molar-refractivity contribution in [1.29, 1.82) is 0 Å². The number of aliphatic hydroxyl groups is 1. The molecule has 154 valence electrons. The van der Waals surface area contributed by atoms with E-state index in [-0.39, 0.29) is 6.61 Å². The van der Waals surface area contributed by atoms with Gasteiger partial charge in [0.15, 0.2) is 0 Å². The molecule has 0 radical (unpaired) electrons. The molecule has 1 aromatic heterocycles. The maximum atomic E-state index is 9.86. The summed E-state index contributed by atoms with van der Waals surface area (Å²) in [5.41, 5.74) is 7.05. The highest BCUT2D eigenvalue weighted by atomic mass is 79.9. The van der Waals surface area contributed by atoms with E-state index >= 15 is 0 Å². The summed E-state index contributed by atoms with van der Waals surface area (Å²) in [7, 11) is 0. The summed E-state index contributed by atoms with van der Waals surface area (Å²) in [5, 5.41) is 20.9. The average molecular weight is 529 g/mol. The highest BCUT2D eigenvalue weighted by Crippen LogP contribution is 2.36. The van der Waals surface area contributed by atoms with Gasteiger partial charge < -0.3 is 15.7 Å². The van der Waals surface area contributed by atoms with Gasteiger partial charge in [-0.3, -0.25) is 0 Å². The highest BCUT2D eigenvalue weighted by Gasteiger charge is 2.14. The number of nitrogens with one attached hydrogen (secondary N) is 2. The molecule has 0 amide bonds. The van der Waals surface area contributed by atoms with Gasteiger partial charge in [0, 0.05) is 39.4 Å². The molecule has 0 aliphatic heterocycles. The van der Waals surface area contributed by atoms with Crippen molar-refractivity contribution in [3.63, 3.8) is 0 Å². The van der Waals surface area contributed by atoms with Gasteiger partial charge in [0.1, 0.15) is 0 Å². The fourth-order valence-corrected chi connectivity index (χ4v) is 4.34. The van der Waals surface area contributed by atoms with E-state index in [2.05, 4.69) is 54.6 Å². The third kappa shape index (κ3) is 4.31. The molecule has 4 nitrogen and oxygen atoms in total. The first kappa shape index (κ1) is 21.1. The van der Waals surface area contributed by atoms with Crippen molar-refractivity contribution >= 4 is 70.7 Å². The third-order valence-electron chi connectivity index (χ3n) is 5.09. The van der Waals surface area contributed by atoms with Crippen molar-refractivity contribution in [3.05, 3.63) is 71.8 Å². The van der Waals surface area contributed by atoms with Crippen LogP contribution in [0, 0.1) is 0 Å². The molecule has 30 heavy (non-hydrogen) atoms. The van der Waals surface area contributed by atoms with Gasteiger partial charge in [-0.05, 0) is 41.8 Å². The van der Waals surface area contributed by atoms with Crippen LogP contribution in [0.5, 0.6) is 0 Å². The van der Waals surface area contributed by atoms with Crippen LogP contribution >= 0.6 is 31.9 Å². The van der Waals surface area contributed by atoms with Gasteiger partial charge >= 0.3 is 0 Å². The van der Waals surface area contributed by atoms with Crippen LogP contribution in [-0.4, -0.2) is 27.3 Å². The van der Waals surface area contributed by atoms with Crippen molar-refractivity contribution in [1.82, 2.24) is 4.98 Å². The summed E-state index contributed by atoms with van der Waals surface area (Å²) in [5.74, 6) is 0. The minimum absolute atomic E-state index is 0.00982. The van der Waals surface area contributed by atoms with Crippen LogP contribution in [-0.2, 0) is 13.0 Å². The maximum absolute atomic E-state index is 9.86. The van der Waals surface area contributed by atoms with Gasteiger partial charge in [-0.15, -0.1) is 0 Å². The van der Waals surface area contributed by atoms with Crippen LogP contribution in [0.3, 0.4) is 0 Å². The molecule has 0 bridgehead atoms. The fourth-order valence-electron chi connectivity index (χ4n) is 3.75. The summed E-state index contributed by atoms with van der Waals surface area (Å²) in [6.07, 6.45) is 0.861. The molecule has 0 saturated carbocycles. The summed E-state index contributed by atoms with van der Waals surface area (Å²) >= 11 is 7.09. The molecule has 0 atom stereocenters. The summed E-state index contributed by atoms with van der Waals surface area (Å²) in [6.45, 7) is 0.800. The standard InChI is InChI=1S/C24H23Br2N3O/c25-10-9-17-22(27-12-11-26)13-16(15-30)14-23(17)29-24-18-5-1-3-7-20(18)28-21-8-4-2-6-19(21)24/h1-8,13-14,27,30H,9-12,15H2,(H,28,29). The zero-order chi connectivity index (χ0) is 20.9. The van der Waals surface area contributed by atoms with Gasteiger partial charge in [0.2, 0.25) is 0 Å². The number of fused-ring (bicyclic) bond motifs is 2. The first-order valence-corrected chi connectivity index (χ1v) is 12.2. The lowest BCUT2D eigenvalue weighted by Gasteiger charge is -2.20. The molecule has 1 heterocycles. The Morgan fingerprint density at radius 2 is 1.47 bits per heavy atom. The number of hydrogen-bond donors (Lipinski definition) is 3. The van der Waals surface area contributed by atoms with Gasteiger partial charge in [0.25, 0.3) is 0 Å². The number of nitrogens with zero attached hydrogens (tertiary/aromatic N) is 1. The molecule has 4 rings (SSSR count). The highest BCUT2D eigenvalue weighted by molar-refractivity contribution is 9.09. The predicted molar refractivity (Wildman–Crippen MR) is 135 cm³/mol. The lowest BCUT2D eigenvalue weighted by Crippen LogP contribution is -2.09. The molecule has 3 N–H and O–H groups in total. The van der Waals surface area contributed by atoms with Crippen molar-refractivity contribution in [2.24, 2.45) is 0 Å². The Labute approximate surface area is 193 Å². The van der Waals surface area contributed by atoms with E-state index in [0.29, 0.717) is 0 Å². The van der Waals surface area contributed by atoms with E-state index in [1.54, 1.807) is 0 Å². The number of hydrogen-bond acceptors (Lipinski definition) is 4. The number of alkyl halides is 2. The largest absolute Gasteiger partial charge is 0.392 e. The number of pyridine rings is 1. The van der Waals surface area contributed by atoms with E-state index in [1.807, 2.05) is 48.5 Å². The molecule has 6 heteroatoms. The molecule has 0 fully saturated rings. The van der Waals surface area contributed by atoms with E-state index in [0.717, 1.165) is 68.1 Å². The zero-order valence-corrected chi connectivity index (χ0v) is 19.6. The number of aliphatic hydroxyl groups excluding tert-OH is 1. The molecule has 3 aromatic carbocycles. The molecular formula is C24H23Br2N3O. The SMILES string of the molecule is OCc1cc(NCCBr)c(CCBr)c(Nc2c3ccccc3nc3ccccc23)c1. The number of rotatable bonds is 8. The number of aromatic nitrogens is 1. The molecule has 0 unspecified atom stereocenters. The van der Waals surface area contributed by atoms with Crippen LogP contribution in [0.4, 0.5) is 17.1 Å². The smallest absolute Gasteiger partial charge is 0.0730 e. The summed E-state index contributed by atoms with van der Waals surface area (Å²) in [4.78, 5) is 4.83. The lowest BCUT2D eigenvalue weighted by atomic mass is 10.0. The second-order valence-electron chi connectivity index (χ2n) is 7.03. The fraction of sp³-hybridized carbons (Fsp3) is 0.208. The van der Waals surface area contributed by atoms with Crippen LogP contribution in [0.1, 0.15) is 11.1 Å². The van der Waals surface area contributed by atoms with Crippen molar-refractivity contribution < 1.29 is 5.11 Å². The van der Waals surface area contributed by atoms with Crippen molar-refractivity contribution in [2.45, 2.75) is 13.0 Å². The predicted octanol–water partition coefficient (Wildman–Crippen LogP) is 6.37. The Kier molecular flexibility index (Phi) is 6.87. The molecule has 0 saturated heterocycles. The zero-order valence-electron chi connectivity index (χ0n) is 16.5. The van der Waals surface area contributed by atoms with E-state index in [4.69, 9.17) is 4.98 Å². The quantitative estimate of drug-likeness (QED) is 0.184. The Bertz CT molecular complexity index is 1130. The number of halogens is 2. The lowest BCUT2D eigenvalue weighted by molar-refractivity contribution is 0.282. The second-order valence-corrected chi connectivity index (χ2v) is 8.61. The Morgan fingerprint density at radius 3 is 2.07 bits per heavy atom. The van der Waals surface area contributed by atoms with Crippen LogP contribution in [0.15, 0.2) is 60.7 Å². The van der Waals surface area contributed by atoms with Gasteiger partial charge in [0.05, 0.1) is 23.3 Å². The van der Waals surface area contributed by atoms with Crippen LogP contribution < -0.4 is 10.6 Å². The minimum atomic E-state index is -0.00982. The molecule has 0 aliphatic rings. The van der Waals surface area contributed by atoms with Crippen molar-refractivity contribution in [2.75, 3.05) is 27.8 Å². The normalized spacial score (nSPS) is 11.2. The number of benzene rings is 3. The maximum Gasteiger partial charge on any atom is 0.0730 e. The van der Waals surface area contributed by atoms with Crippen molar-refractivity contribution in [3.8, 4) is 0 Å². The van der Waals surface area contributed by atoms with Crippen LogP contribution in [0.25, 0.3) is 21.8 Å². The Balaban J connectivity index is 1.92. The second kappa shape index (κ2) is 9.77. The number of anilines is 3. The summed E-state index contributed by atoms with van der Waals surface area (Å²) < 4.78 is 0. The monoisotopic (exact) mass is 527 g/mol. The minimum Gasteiger partial charge on any atom is -0.392 e. The molecule has 4 aromatic rings. The van der Waals surface area contributed by atoms with E-state index < -0.39 is 0 Å². The molecular weight excluding hydrogens is 506 g/mol. The Morgan fingerprint density at radius 1 is 0.833 bits per heavy atom. The topological polar surface area (TPSA) is 57.2 Å². The average Bonchev–Trinajstić information content (AvgIpc) is 2.78. The van der Waals surface area contributed by atoms with E-state index in [9.17, 15) is 5.11 Å². The third-order valence-corrected chi connectivity index (χ3v) is 5.89. The van der Waals surface area contributed by atoms with Crippen LogP contribution in [0.2, 0.25) is 0 Å². The van der Waals surface area contributed by atoms with Gasteiger partial charge in [-0.1, -0.05) is 68.3 Å². The van der Waals surface area contributed by atoms with Gasteiger partial charge in [-0.25, -0.2) is 4.98 Å². The first-order chi connectivity index (χ1) is 14.7. The summed E-state index contributed by atoms with van der Waals surface area (Å²) in [6, 6.07) is 20.5. The number of para-hydroxylation sites is 2. The van der Waals surface area contributed by atoms with Gasteiger partial charge in [-0.2, -0.15) is 0 Å².